The molecule has 2 rings (SSSR count). The summed E-state index contributed by atoms with van der Waals surface area (Å²) in [6.45, 7) is 7.11. The zero-order valence-electron chi connectivity index (χ0n) is 12.8. The minimum Gasteiger partial charge on any atom is -0.494 e. The van der Waals surface area contributed by atoms with E-state index in [1.54, 1.807) is 11.3 Å². The lowest BCUT2D eigenvalue weighted by Gasteiger charge is -2.25. The molecule has 0 aliphatic carbocycles. The largest absolute Gasteiger partial charge is 0.494 e. The summed E-state index contributed by atoms with van der Waals surface area (Å²) in [4.78, 5) is 0.980. The number of aliphatic hydroxyl groups is 1. The Hall–Kier alpha value is -1.36. The molecule has 21 heavy (non-hydrogen) atoms. The summed E-state index contributed by atoms with van der Waals surface area (Å²) in [7, 11) is 0. The van der Waals surface area contributed by atoms with Gasteiger partial charge in [0.15, 0.2) is 0 Å². The summed E-state index contributed by atoms with van der Waals surface area (Å²) in [5.41, 5.74) is 0.341. The highest BCUT2D eigenvalue weighted by atomic mass is 32.1. The molecule has 0 radical (unpaired) electrons. The molecule has 3 nitrogen and oxygen atoms in total. The molecule has 2 unspecified atom stereocenters. The highest BCUT2D eigenvalue weighted by molar-refractivity contribution is 7.10. The minimum absolute atomic E-state index is 0.173. The van der Waals surface area contributed by atoms with Gasteiger partial charge in [-0.2, -0.15) is 0 Å². The Morgan fingerprint density at radius 1 is 1.29 bits per heavy atom. The third-order valence-electron chi connectivity index (χ3n) is 3.50. The first-order valence-corrected chi connectivity index (χ1v) is 8.13. The Bertz CT molecular complexity index is 534. The van der Waals surface area contributed by atoms with Gasteiger partial charge in [-0.15, -0.1) is 11.3 Å². The van der Waals surface area contributed by atoms with Crippen molar-refractivity contribution in [1.82, 2.24) is 5.32 Å². The number of hydrogen-bond donors (Lipinski definition) is 2. The average molecular weight is 305 g/mol. The van der Waals surface area contributed by atoms with Crippen LogP contribution in [0.3, 0.4) is 0 Å². The maximum Gasteiger partial charge on any atom is 0.119 e. The number of nitrogens with one attached hydrogen (secondary N) is 1. The highest BCUT2D eigenvalue weighted by Gasteiger charge is 2.24. The summed E-state index contributed by atoms with van der Waals surface area (Å²) in [5, 5.41) is 15.9. The topological polar surface area (TPSA) is 41.5 Å². The number of hydrogen-bond acceptors (Lipinski definition) is 4. The van der Waals surface area contributed by atoms with Gasteiger partial charge in [-0.05, 0) is 49.9 Å². The molecule has 0 bridgehead atoms. The van der Waals surface area contributed by atoms with Gasteiger partial charge in [0.2, 0.25) is 0 Å². The van der Waals surface area contributed by atoms with Gasteiger partial charge in [0.1, 0.15) is 11.4 Å². The molecular weight excluding hydrogens is 282 g/mol. The molecule has 114 valence electrons. The fraction of sp³-hybridized carbons (Fsp3) is 0.412. The van der Waals surface area contributed by atoms with Crippen LogP contribution in [-0.2, 0) is 5.60 Å². The van der Waals surface area contributed by atoms with E-state index in [-0.39, 0.29) is 6.04 Å². The fourth-order valence-electron chi connectivity index (χ4n) is 2.16. The lowest BCUT2D eigenvalue weighted by molar-refractivity contribution is 0.0581. The molecular formula is C17H23NO2S. The average Bonchev–Trinajstić information content (AvgIpc) is 3.01. The monoisotopic (exact) mass is 305 g/mol. The molecule has 2 N–H and O–H groups in total. The van der Waals surface area contributed by atoms with Crippen LogP contribution in [0.5, 0.6) is 5.75 Å². The van der Waals surface area contributed by atoms with Gasteiger partial charge < -0.3 is 15.2 Å². The van der Waals surface area contributed by atoms with Crippen LogP contribution >= 0.6 is 11.3 Å². The van der Waals surface area contributed by atoms with E-state index >= 15 is 0 Å². The lowest BCUT2D eigenvalue weighted by Crippen LogP contribution is -2.36. The molecule has 0 aliphatic heterocycles. The highest BCUT2D eigenvalue weighted by Crippen LogP contribution is 2.25. The molecule has 0 saturated heterocycles. The number of ether oxygens (including phenoxy) is 1. The van der Waals surface area contributed by atoms with Crippen LogP contribution in [0.2, 0.25) is 0 Å². The first kappa shape index (κ1) is 16.0. The van der Waals surface area contributed by atoms with Crippen molar-refractivity contribution in [3.05, 3.63) is 52.2 Å². The van der Waals surface area contributed by atoms with E-state index in [9.17, 15) is 5.11 Å². The van der Waals surface area contributed by atoms with Crippen LogP contribution in [0.15, 0.2) is 41.8 Å². The Morgan fingerprint density at radius 2 is 2.00 bits per heavy atom. The predicted octanol–water partition coefficient (Wildman–Crippen LogP) is 3.71. The van der Waals surface area contributed by atoms with Gasteiger partial charge in [-0.25, -0.2) is 0 Å². The van der Waals surface area contributed by atoms with Crippen molar-refractivity contribution in [3.63, 3.8) is 0 Å². The Morgan fingerprint density at radius 3 is 2.57 bits per heavy atom. The first-order valence-electron chi connectivity index (χ1n) is 7.25. The molecule has 0 amide bonds. The maximum atomic E-state index is 10.5. The van der Waals surface area contributed by atoms with Gasteiger partial charge in [0.05, 0.1) is 6.61 Å². The fourth-order valence-corrected chi connectivity index (χ4v) is 2.95. The van der Waals surface area contributed by atoms with Crippen molar-refractivity contribution >= 4 is 11.3 Å². The van der Waals surface area contributed by atoms with E-state index in [0.717, 1.165) is 10.6 Å². The predicted molar refractivity (Wildman–Crippen MR) is 87.9 cm³/mol. The number of benzene rings is 1. The van der Waals surface area contributed by atoms with Crippen molar-refractivity contribution in [3.8, 4) is 5.75 Å². The van der Waals surface area contributed by atoms with Gasteiger partial charge in [-0.1, -0.05) is 18.2 Å². The van der Waals surface area contributed by atoms with Crippen molar-refractivity contribution < 1.29 is 9.84 Å². The van der Waals surface area contributed by atoms with Crippen molar-refractivity contribution in [2.75, 3.05) is 13.2 Å². The van der Waals surface area contributed by atoms with Crippen LogP contribution in [0.25, 0.3) is 0 Å². The second-order valence-electron chi connectivity index (χ2n) is 5.36. The van der Waals surface area contributed by atoms with Crippen LogP contribution in [-0.4, -0.2) is 18.3 Å². The molecule has 0 fully saturated rings. The summed E-state index contributed by atoms with van der Waals surface area (Å²) in [6.07, 6.45) is 0. The molecule has 2 atom stereocenters. The van der Waals surface area contributed by atoms with Crippen LogP contribution in [0.4, 0.5) is 0 Å². The zero-order chi connectivity index (χ0) is 15.3. The quantitative estimate of drug-likeness (QED) is 0.819. The molecule has 1 heterocycles. The first-order chi connectivity index (χ1) is 10.0. The van der Waals surface area contributed by atoms with E-state index in [4.69, 9.17) is 4.74 Å². The molecule has 2 aromatic rings. The number of rotatable bonds is 7. The van der Waals surface area contributed by atoms with Gasteiger partial charge in [0.25, 0.3) is 0 Å². The molecule has 0 saturated carbocycles. The second kappa shape index (κ2) is 7.07. The normalized spacial score (nSPS) is 15.4. The van der Waals surface area contributed by atoms with E-state index in [1.807, 2.05) is 43.5 Å². The smallest absolute Gasteiger partial charge is 0.119 e. The van der Waals surface area contributed by atoms with Crippen molar-refractivity contribution in [1.29, 1.82) is 0 Å². The SMILES string of the molecule is CCOc1ccc(C(C)NCC(C)(O)c2cccs2)cc1. The minimum atomic E-state index is -0.840. The third-order valence-corrected chi connectivity index (χ3v) is 4.62. The van der Waals surface area contributed by atoms with Crippen LogP contribution < -0.4 is 10.1 Å². The molecule has 4 heteroatoms. The molecule has 1 aromatic heterocycles. The van der Waals surface area contributed by atoms with Crippen molar-refractivity contribution in [2.45, 2.75) is 32.4 Å². The molecule has 1 aromatic carbocycles. The Labute approximate surface area is 130 Å². The summed E-state index contributed by atoms with van der Waals surface area (Å²) >= 11 is 1.58. The third kappa shape index (κ3) is 4.30. The standard InChI is InChI=1S/C17H23NO2S/c1-4-20-15-9-7-14(8-10-15)13(2)18-12-17(3,19)16-6-5-11-21-16/h5-11,13,18-19H,4,12H2,1-3H3. The van der Waals surface area contributed by atoms with Gasteiger partial charge in [0, 0.05) is 17.5 Å². The van der Waals surface area contributed by atoms with Crippen LogP contribution in [0.1, 0.15) is 37.3 Å². The van der Waals surface area contributed by atoms with Crippen molar-refractivity contribution in [2.24, 2.45) is 0 Å². The Balaban J connectivity index is 1.93. The van der Waals surface area contributed by atoms with E-state index in [0.29, 0.717) is 13.2 Å². The molecule has 0 aliphatic rings. The lowest BCUT2D eigenvalue weighted by atomic mass is 10.0. The van der Waals surface area contributed by atoms with E-state index in [1.165, 1.54) is 5.56 Å². The maximum absolute atomic E-state index is 10.5. The zero-order valence-corrected chi connectivity index (χ0v) is 13.6. The second-order valence-corrected chi connectivity index (χ2v) is 6.30. The van der Waals surface area contributed by atoms with E-state index < -0.39 is 5.60 Å². The van der Waals surface area contributed by atoms with E-state index in [2.05, 4.69) is 24.4 Å². The summed E-state index contributed by atoms with van der Waals surface area (Å²) in [6, 6.07) is 12.2. The summed E-state index contributed by atoms with van der Waals surface area (Å²) in [5.74, 6) is 0.888. The molecule has 0 spiro atoms. The van der Waals surface area contributed by atoms with Gasteiger partial charge >= 0.3 is 0 Å². The summed E-state index contributed by atoms with van der Waals surface area (Å²) < 4.78 is 5.44. The Kier molecular flexibility index (Phi) is 5.39. The van der Waals surface area contributed by atoms with Crippen LogP contribution in [0, 0.1) is 0 Å². The van der Waals surface area contributed by atoms with Gasteiger partial charge in [-0.3, -0.25) is 0 Å². The number of thiophene rings is 1.